The van der Waals surface area contributed by atoms with Crippen LogP contribution in [-0.4, -0.2) is 39.5 Å². The van der Waals surface area contributed by atoms with Gasteiger partial charge in [-0.3, -0.25) is 14.1 Å². The highest BCUT2D eigenvalue weighted by atomic mass is 32.2. The molecule has 0 fully saturated rings. The van der Waals surface area contributed by atoms with E-state index in [1.165, 1.54) is 24.3 Å². The van der Waals surface area contributed by atoms with Crippen LogP contribution in [-0.2, 0) is 29.7 Å². The number of sulfonamides is 1. The lowest BCUT2D eigenvalue weighted by molar-refractivity contribution is -0.132. The van der Waals surface area contributed by atoms with Crippen molar-refractivity contribution in [3.8, 4) is 5.75 Å². The molecule has 1 amide bonds. The zero-order chi connectivity index (χ0) is 19.9. The third-order valence-corrected chi connectivity index (χ3v) is 5.31. The van der Waals surface area contributed by atoms with E-state index in [-0.39, 0.29) is 16.5 Å². The Kier molecular flexibility index (Phi) is 5.08. The van der Waals surface area contributed by atoms with E-state index in [9.17, 15) is 31.0 Å². The first kappa shape index (κ1) is 19.8. The Labute approximate surface area is 150 Å². The topological polar surface area (TPSA) is 135 Å². The van der Waals surface area contributed by atoms with Crippen molar-refractivity contribution in [1.82, 2.24) is 0 Å². The minimum atomic E-state index is -4.72. The molecule has 26 heavy (non-hydrogen) atoms. The van der Waals surface area contributed by atoms with Crippen LogP contribution in [0.25, 0.3) is 10.8 Å². The number of ether oxygens (including phenoxy) is 1. The number of nitrogens with zero attached hydrogens (tertiary/aromatic N) is 1. The van der Waals surface area contributed by atoms with Crippen molar-refractivity contribution in [2.24, 2.45) is 0 Å². The summed E-state index contributed by atoms with van der Waals surface area (Å²) >= 11 is 0. The quantitative estimate of drug-likeness (QED) is 0.460. The van der Waals surface area contributed by atoms with E-state index in [1.807, 2.05) is 0 Å². The van der Waals surface area contributed by atoms with Gasteiger partial charge < -0.3 is 4.74 Å². The third kappa shape index (κ3) is 3.84. The van der Waals surface area contributed by atoms with Gasteiger partial charge in [0.2, 0.25) is 15.9 Å². The lowest BCUT2D eigenvalue weighted by Gasteiger charge is -2.21. The Morgan fingerprint density at radius 3 is 2.08 bits per heavy atom. The first-order valence-corrected chi connectivity index (χ1v) is 10.4. The smallest absolute Gasteiger partial charge is 0.308 e. The summed E-state index contributed by atoms with van der Waals surface area (Å²) in [5, 5.41) is 0.166. The third-order valence-electron chi connectivity index (χ3n) is 3.31. The van der Waals surface area contributed by atoms with E-state index in [1.54, 1.807) is 0 Å². The van der Waals surface area contributed by atoms with Crippen molar-refractivity contribution in [3.63, 3.8) is 0 Å². The van der Waals surface area contributed by atoms with Gasteiger partial charge >= 0.3 is 5.97 Å². The zero-order valence-corrected chi connectivity index (χ0v) is 15.6. The lowest BCUT2D eigenvalue weighted by Crippen LogP contribution is -2.34. The largest absolute Gasteiger partial charge is 0.425 e. The first-order chi connectivity index (χ1) is 11.8. The molecule has 2 aromatic rings. The van der Waals surface area contributed by atoms with Crippen LogP contribution in [0.15, 0.2) is 35.2 Å². The molecule has 0 bridgehead atoms. The van der Waals surface area contributed by atoms with E-state index in [0.717, 1.165) is 26.2 Å². The van der Waals surface area contributed by atoms with Crippen LogP contribution in [0.3, 0.4) is 0 Å². The lowest BCUT2D eigenvalue weighted by atomic mass is 10.1. The highest BCUT2D eigenvalue weighted by Gasteiger charge is 2.27. The zero-order valence-electron chi connectivity index (χ0n) is 14.0. The summed E-state index contributed by atoms with van der Waals surface area (Å²) in [6, 6.07) is 6.24. The molecule has 9 nitrogen and oxygen atoms in total. The molecule has 0 radical (unpaired) electrons. The maximum Gasteiger partial charge on any atom is 0.308 e. The number of rotatable bonds is 4. The van der Waals surface area contributed by atoms with Crippen molar-refractivity contribution in [2.75, 3.05) is 10.6 Å². The fraction of sp³-hybridized carbons (Fsp3) is 0.200. The highest BCUT2D eigenvalue weighted by Crippen LogP contribution is 2.38. The number of carbonyl (C=O) groups excluding carboxylic acids is 2. The van der Waals surface area contributed by atoms with E-state index in [2.05, 4.69) is 0 Å². The second-order valence-electron chi connectivity index (χ2n) is 5.38. The van der Waals surface area contributed by atoms with Crippen molar-refractivity contribution in [3.05, 3.63) is 30.3 Å². The molecule has 2 rings (SSSR count). The van der Waals surface area contributed by atoms with Gasteiger partial charge in [0.15, 0.2) is 5.75 Å². The van der Waals surface area contributed by atoms with E-state index in [0.29, 0.717) is 4.31 Å². The molecule has 0 aromatic heterocycles. The van der Waals surface area contributed by atoms with Crippen molar-refractivity contribution in [1.29, 1.82) is 0 Å². The Morgan fingerprint density at radius 1 is 1.00 bits per heavy atom. The summed E-state index contributed by atoms with van der Waals surface area (Å²) in [6.45, 7) is 2.09. The molecule has 0 aliphatic carbocycles. The predicted octanol–water partition coefficient (Wildman–Crippen LogP) is 1.32. The molecule has 2 aromatic carbocycles. The maximum absolute atomic E-state index is 12.0. The van der Waals surface area contributed by atoms with Gasteiger partial charge in [-0.1, -0.05) is 18.2 Å². The normalized spacial score (nSPS) is 12.0. The molecule has 0 saturated carbocycles. The van der Waals surface area contributed by atoms with Crippen LogP contribution in [0.1, 0.15) is 13.8 Å². The number of hydrogen-bond donors (Lipinski definition) is 1. The van der Waals surface area contributed by atoms with Gasteiger partial charge in [-0.25, -0.2) is 12.7 Å². The highest BCUT2D eigenvalue weighted by molar-refractivity contribution is 7.92. The number of benzene rings is 2. The van der Waals surface area contributed by atoms with E-state index < -0.39 is 42.7 Å². The van der Waals surface area contributed by atoms with Crippen molar-refractivity contribution < 1.29 is 35.7 Å². The van der Waals surface area contributed by atoms with E-state index in [4.69, 9.17) is 4.74 Å². The fourth-order valence-electron chi connectivity index (χ4n) is 2.50. The molecule has 0 aliphatic heterocycles. The van der Waals surface area contributed by atoms with E-state index >= 15 is 0 Å². The number of hydrogen-bond acceptors (Lipinski definition) is 7. The molecule has 1 N–H and O–H groups in total. The van der Waals surface area contributed by atoms with Crippen LogP contribution in [0.4, 0.5) is 5.69 Å². The molecule has 0 aliphatic rings. The monoisotopic (exact) mass is 401 g/mol. The van der Waals surface area contributed by atoms with Crippen LogP contribution >= 0.6 is 0 Å². The van der Waals surface area contributed by atoms with Gasteiger partial charge in [0.05, 0.1) is 11.9 Å². The van der Waals surface area contributed by atoms with Crippen LogP contribution in [0.2, 0.25) is 0 Å². The molecular weight excluding hydrogens is 386 g/mol. The van der Waals surface area contributed by atoms with Crippen LogP contribution in [0.5, 0.6) is 5.75 Å². The number of anilines is 1. The Hall–Kier alpha value is -2.50. The van der Waals surface area contributed by atoms with Gasteiger partial charge in [-0.15, -0.1) is 0 Å². The second kappa shape index (κ2) is 6.67. The minimum absolute atomic E-state index is 0.0303. The SMILES string of the molecule is CC(=O)Oc1c(S(=O)(=O)O)ccc2c(N(C(C)=O)S(C)(=O)=O)cccc12. The Balaban J connectivity index is 2.96. The van der Waals surface area contributed by atoms with Gasteiger partial charge in [0.25, 0.3) is 10.1 Å². The summed E-state index contributed by atoms with van der Waals surface area (Å²) in [4.78, 5) is 22.6. The molecule has 0 saturated heterocycles. The number of fused-ring (bicyclic) bond motifs is 1. The summed E-state index contributed by atoms with van der Waals surface area (Å²) in [5.74, 6) is -2.09. The standard InChI is InChI=1S/C15H15NO8S2/c1-9(17)16(25(3,19)20)13-6-4-5-12-11(13)7-8-14(26(21,22)23)15(12)24-10(2)18/h4-8H,1-3H3,(H,21,22,23). The summed E-state index contributed by atoms with van der Waals surface area (Å²) in [5.41, 5.74) is -0.0483. The van der Waals surface area contributed by atoms with Crippen LogP contribution < -0.4 is 9.04 Å². The summed E-state index contributed by atoms with van der Waals surface area (Å²) < 4.78 is 62.0. The second-order valence-corrected chi connectivity index (χ2v) is 8.60. The number of amides is 1. The maximum atomic E-state index is 12.0. The molecular formula is C15H15NO8S2. The molecule has 0 spiro atoms. The predicted molar refractivity (Wildman–Crippen MR) is 93.1 cm³/mol. The molecule has 140 valence electrons. The number of esters is 1. The Morgan fingerprint density at radius 2 is 1.62 bits per heavy atom. The molecule has 0 unspecified atom stereocenters. The number of carbonyl (C=O) groups is 2. The van der Waals surface area contributed by atoms with Crippen molar-refractivity contribution in [2.45, 2.75) is 18.7 Å². The first-order valence-electron chi connectivity index (χ1n) is 7.06. The molecule has 0 heterocycles. The average molecular weight is 401 g/mol. The van der Waals surface area contributed by atoms with Crippen LogP contribution in [0, 0.1) is 0 Å². The van der Waals surface area contributed by atoms with Crippen molar-refractivity contribution >= 4 is 48.5 Å². The average Bonchev–Trinajstić information content (AvgIpc) is 2.44. The molecule has 11 heteroatoms. The fourth-order valence-corrected chi connectivity index (χ4v) is 4.11. The minimum Gasteiger partial charge on any atom is -0.425 e. The summed E-state index contributed by atoms with van der Waals surface area (Å²) in [6.07, 6.45) is 0.840. The van der Waals surface area contributed by atoms with Gasteiger partial charge in [-0.2, -0.15) is 8.42 Å². The van der Waals surface area contributed by atoms with Gasteiger partial charge in [0, 0.05) is 24.6 Å². The Bertz CT molecular complexity index is 1120. The molecule has 0 atom stereocenters. The van der Waals surface area contributed by atoms with Gasteiger partial charge in [-0.05, 0) is 12.1 Å². The summed E-state index contributed by atoms with van der Waals surface area (Å²) in [7, 11) is -8.70. The van der Waals surface area contributed by atoms with Gasteiger partial charge in [0.1, 0.15) is 4.90 Å².